The van der Waals surface area contributed by atoms with E-state index < -0.39 is 29.1 Å². The van der Waals surface area contributed by atoms with E-state index in [9.17, 15) is 31.4 Å². The normalized spacial score (nSPS) is 14.6. The maximum absolute atomic E-state index is 14.4. The second-order valence-corrected chi connectivity index (χ2v) is 6.67. The quantitative estimate of drug-likeness (QED) is 0.460. The lowest BCUT2D eigenvalue weighted by Gasteiger charge is -2.35. The molecule has 3 aromatic carbocycles. The van der Waals surface area contributed by atoms with Crippen molar-refractivity contribution in [3.63, 3.8) is 0 Å². The summed E-state index contributed by atoms with van der Waals surface area (Å²) in [6, 6.07) is 18.0. The zero-order valence-electron chi connectivity index (χ0n) is 15.4. The highest BCUT2D eigenvalue weighted by Gasteiger charge is 2.69. The summed E-state index contributed by atoms with van der Waals surface area (Å²) in [5.41, 5.74) is -2.84. The molecule has 30 heavy (non-hydrogen) atoms. The van der Waals surface area contributed by atoms with Gasteiger partial charge in [0.15, 0.2) is 5.60 Å². The Hall–Kier alpha value is -3.06. The molecule has 3 rings (SSSR count). The first kappa shape index (κ1) is 21.6. The predicted molar refractivity (Wildman–Crippen MR) is 102 cm³/mol. The zero-order valence-corrected chi connectivity index (χ0v) is 15.4. The van der Waals surface area contributed by atoms with Crippen molar-refractivity contribution in [1.29, 1.82) is 0 Å². The first-order valence-corrected chi connectivity index (χ1v) is 8.82. The van der Waals surface area contributed by atoms with Crippen LogP contribution in [0, 0.1) is 5.82 Å². The number of benzene rings is 3. The van der Waals surface area contributed by atoms with Gasteiger partial charge in [-0.3, -0.25) is 0 Å². The van der Waals surface area contributed by atoms with Crippen LogP contribution in [-0.4, -0.2) is 17.2 Å². The summed E-state index contributed by atoms with van der Waals surface area (Å²) in [6.45, 7) is 0. The highest BCUT2D eigenvalue weighted by Crippen LogP contribution is 2.49. The molecule has 0 aliphatic carbocycles. The summed E-state index contributed by atoms with van der Waals surface area (Å²) in [4.78, 5) is 0. The molecule has 0 heterocycles. The molecular weight excluding hydrogens is 406 g/mol. The second kappa shape index (κ2) is 7.99. The van der Waals surface area contributed by atoms with E-state index >= 15 is 0 Å². The number of rotatable bonds is 5. The minimum atomic E-state index is -6.01. The third-order valence-corrected chi connectivity index (χ3v) is 4.65. The highest BCUT2D eigenvalue weighted by molar-refractivity contribution is 5.64. The standard InChI is InChI=1S/C23H16F6O/c24-20-12-6-16(7-13-20)14-15-21(30,22(25,26)23(27,28)29)19-10-8-18(9-11-19)17-4-2-1-3-5-17/h1-15,30H/b15-14+. The van der Waals surface area contributed by atoms with E-state index in [2.05, 4.69) is 0 Å². The van der Waals surface area contributed by atoms with Gasteiger partial charge in [0.1, 0.15) is 5.82 Å². The summed E-state index contributed by atoms with van der Waals surface area (Å²) in [6.07, 6.45) is -4.73. The maximum Gasteiger partial charge on any atom is 0.457 e. The number of hydrogen-bond acceptors (Lipinski definition) is 1. The van der Waals surface area contributed by atoms with Crippen molar-refractivity contribution in [2.45, 2.75) is 17.7 Å². The highest BCUT2D eigenvalue weighted by atomic mass is 19.4. The molecule has 0 bridgehead atoms. The second-order valence-electron chi connectivity index (χ2n) is 6.67. The Morgan fingerprint density at radius 1 is 0.667 bits per heavy atom. The van der Waals surface area contributed by atoms with Crippen LogP contribution in [0.1, 0.15) is 11.1 Å². The van der Waals surface area contributed by atoms with E-state index in [1.807, 2.05) is 0 Å². The Kier molecular flexibility index (Phi) is 5.76. The Morgan fingerprint density at radius 2 is 1.20 bits per heavy atom. The summed E-state index contributed by atoms with van der Waals surface area (Å²) in [5, 5.41) is 10.6. The molecule has 0 aliphatic heterocycles. The molecule has 0 amide bonds. The van der Waals surface area contributed by atoms with Gasteiger partial charge in [-0.05, 0) is 40.5 Å². The van der Waals surface area contributed by atoms with Gasteiger partial charge in [-0.1, -0.05) is 72.8 Å². The van der Waals surface area contributed by atoms with Gasteiger partial charge in [0, 0.05) is 0 Å². The SMILES string of the molecule is OC(/C=C/c1ccc(F)cc1)(c1ccc(-c2ccccc2)cc1)C(F)(F)C(F)(F)F. The third-order valence-electron chi connectivity index (χ3n) is 4.65. The molecule has 0 spiro atoms. The lowest BCUT2D eigenvalue weighted by atomic mass is 9.85. The maximum atomic E-state index is 14.4. The lowest BCUT2D eigenvalue weighted by Crippen LogP contribution is -2.53. The van der Waals surface area contributed by atoms with Crippen molar-refractivity contribution in [1.82, 2.24) is 0 Å². The van der Waals surface area contributed by atoms with Gasteiger partial charge in [0.2, 0.25) is 0 Å². The molecule has 0 fully saturated rings. The van der Waals surface area contributed by atoms with Crippen molar-refractivity contribution in [2.75, 3.05) is 0 Å². The molecule has 0 aliphatic rings. The van der Waals surface area contributed by atoms with Crippen molar-refractivity contribution < 1.29 is 31.4 Å². The first-order valence-electron chi connectivity index (χ1n) is 8.82. The minimum Gasteiger partial charge on any atom is -0.375 e. The van der Waals surface area contributed by atoms with Crippen molar-refractivity contribution in [3.8, 4) is 11.1 Å². The fourth-order valence-corrected chi connectivity index (χ4v) is 2.94. The molecule has 1 nitrogen and oxygen atoms in total. The summed E-state index contributed by atoms with van der Waals surface area (Å²) < 4.78 is 81.2. The molecule has 0 saturated heterocycles. The van der Waals surface area contributed by atoms with Crippen LogP contribution >= 0.6 is 0 Å². The van der Waals surface area contributed by atoms with Gasteiger partial charge in [-0.2, -0.15) is 22.0 Å². The Balaban J connectivity index is 2.06. The molecule has 1 unspecified atom stereocenters. The summed E-state index contributed by atoms with van der Waals surface area (Å²) >= 11 is 0. The fourth-order valence-electron chi connectivity index (χ4n) is 2.94. The summed E-state index contributed by atoms with van der Waals surface area (Å²) in [7, 11) is 0. The van der Waals surface area contributed by atoms with Gasteiger partial charge in [-0.25, -0.2) is 4.39 Å². The third kappa shape index (κ3) is 4.11. The Bertz CT molecular complexity index is 1010. The van der Waals surface area contributed by atoms with Crippen molar-refractivity contribution in [3.05, 3.63) is 102 Å². The topological polar surface area (TPSA) is 20.2 Å². The minimum absolute atomic E-state index is 0.147. The van der Waals surface area contributed by atoms with Crippen LogP contribution in [0.4, 0.5) is 26.3 Å². The molecule has 3 aromatic rings. The van der Waals surface area contributed by atoms with Gasteiger partial charge < -0.3 is 5.11 Å². The van der Waals surface area contributed by atoms with Crippen molar-refractivity contribution >= 4 is 6.08 Å². The van der Waals surface area contributed by atoms with E-state index in [0.717, 1.165) is 35.9 Å². The molecule has 0 aromatic heterocycles. The molecule has 1 atom stereocenters. The van der Waals surface area contributed by atoms with E-state index in [4.69, 9.17) is 0 Å². The van der Waals surface area contributed by atoms with Crippen LogP contribution in [0.3, 0.4) is 0 Å². The molecular formula is C23H16F6O. The van der Waals surface area contributed by atoms with E-state index in [0.29, 0.717) is 11.6 Å². The molecule has 0 radical (unpaired) electrons. The molecule has 1 N–H and O–H groups in total. The van der Waals surface area contributed by atoms with E-state index in [1.54, 1.807) is 30.3 Å². The largest absolute Gasteiger partial charge is 0.457 e. The molecule has 7 heteroatoms. The predicted octanol–water partition coefficient (Wildman–Crippen LogP) is 6.59. The average molecular weight is 422 g/mol. The van der Waals surface area contributed by atoms with Crippen LogP contribution < -0.4 is 0 Å². The lowest BCUT2D eigenvalue weighted by molar-refractivity contribution is -0.334. The number of aliphatic hydroxyl groups is 1. The van der Waals surface area contributed by atoms with E-state index in [1.165, 1.54) is 24.3 Å². The van der Waals surface area contributed by atoms with E-state index in [-0.39, 0.29) is 5.56 Å². The van der Waals surface area contributed by atoms with Crippen LogP contribution in [0.2, 0.25) is 0 Å². The van der Waals surface area contributed by atoms with Gasteiger partial charge in [0.05, 0.1) is 0 Å². The number of hydrogen-bond donors (Lipinski definition) is 1. The fraction of sp³-hybridized carbons (Fsp3) is 0.130. The number of halogens is 6. The molecule has 0 saturated carbocycles. The van der Waals surface area contributed by atoms with Gasteiger partial charge in [0.25, 0.3) is 0 Å². The summed E-state index contributed by atoms with van der Waals surface area (Å²) in [5.74, 6) is -6.08. The van der Waals surface area contributed by atoms with Crippen LogP contribution in [0.15, 0.2) is 84.9 Å². The smallest absolute Gasteiger partial charge is 0.375 e. The van der Waals surface area contributed by atoms with Crippen LogP contribution in [0.25, 0.3) is 17.2 Å². The van der Waals surface area contributed by atoms with Gasteiger partial charge in [-0.15, -0.1) is 0 Å². The van der Waals surface area contributed by atoms with Crippen molar-refractivity contribution in [2.24, 2.45) is 0 Å². The average Bonchev–Trinajstić information content (AvgIpc) is 2.73. The Morgan fingerprint density at radius 3 is 1.73 bits per heavy atom. The Labute approximate surface area is 168 Å². The zero-order chi connectivity index (χ0) is 22.0. The monoisotopic (exact) mass is 422 g/mol. The van der Waals surface area contributed by atoms with Gasteiger partial charge >= 0.3 is 12.1 Å². The van der Waals surface area contributed by atoms with Crippen LogP contribution in [0.5, 0.6) is 0 Å². The molecule has 156 valence electrons. The van der Waals surface area contributed by atoms with Crippen LogP contribution in [-0.2, 0) is 5.60 Å². The first-order chi connectivity index (χ1) is 14.0. The number of alkyl halides is 5.